The molecule has 0 aliphatic heterocycles. The molecule has 18 heteroatoms. The van der Waals surface area contributed by atoms with E-state index in [-0.39, 0.29) is 78.6 Å². The zero-order chi connectivity index (χ0) is 59.4. The summed E-state index contributed by atoms with van der Waals surface area (Å²) in [6.45, 7) is 5.83. The van der Waals surface area contributed by atoms with Gasteiger partial charge in [0.25, 0.3) is 0 Å². The maximum atomic E-state index is 11.6. The van der Waals surface area contributed by atoms with Gasteiger partial charge in [0.05, 0.1) is 0 Å². The second kappa shape index (κ2) is 57.7. The van der Waals surface area contributed by atoms with Crippen molar-refractivity contribution >= 4 is 89.6 Å². The Balaban J connectivity index is -0.000000213. The van der Waals surface area contributed by atoms with Gasteiger partial charge in [-0.1, -0.05) is 218 Å². The Morgan fingerprint density at radius 2 is 0.309 bits per heavy atom. The monoisotopic (exact) mass is 1370 g/mol. The number of benzene rings is 6. The molecule has 6 rings (SSSR count). The molecular weight excluding hydrogens is 1320 g/mol. The molecule has 15 nitrogen and oxygen atoms in total. The molecule has 432 valence electrons. The van der Waals surface area contributed by atoms with Crippen LogP contribution in [0.3, 0.4) is 0 Å². The fourth-order valence-corrected chi connectivity index (χ4v) is 4.62. The second-order valence-electron chi connectivity index (χ2n) is 14.6. The summed E-state index contributed by atoms with van der Waals surface area (Å²) >= 11 is 0. The summed E-state index contributed by atoms with van der Waals surface area (Å²) in [7, 11) is 0. The molecule has 0 spiro atoms. The standard InChI is InChI=1S/3C17H14O.6C2H4O2.3Pd/c3*18-17(13-11-15-7-3-1-4-8-15)14-12-16-9-5-2-6-10-16;6*1-2(3)4;;;/h3*1-14H;6*1H3,(H,3,4);;;/q;;;;;;;;;3*+2/p-6. The number of carbonyl (C=O) groups excluding carboxylic acids is 9. The summed E-state index contributed by atoms with van der Waals surface area (Å²) in [5.74, 6) is -6.53. The van der Waals surface area contributed by atoms with E-state index in [1.54, 1.807) is 36.5 Å². The van der Waals surface area contributed by atoms with Crippen LogP contribution in [0.15, 0.2) is 218 Å². The predicted octanol–water partition coefficient (Wildman–Crippen LogP) is 4.48. The van der Waals surface area contributed by atoms with Crippen molar-refractivity contribution in [2.45, 2.75) is 41.5 Å². The summed E-state index contributed by atoms with van der Waals surface area (Å²) < 4.78 is 0. The third-order valence-electron chi connectivity index (χ3n) is 7.44. The number of allylic oxidation sites excluding steroid dienone is 6. The Bertz CT molecular complexity index is 2310. The Labute approximate surface area is 514 Å². The summed E-state index contributed by atoms with van der Waals surface area (Å²) in [6.07, 6.45) is 20.4. The van der Waals surface area contributed by atoms with Gasteiger partial charge in [0.1, 0.15) is 0 Å². The minimum atomic E-state index is -1.08. The van der Waals surface area contributed by atoms with Gasteiger partial charge in [-0.05, 0) is 111 Å². The molecule has 0 unspecified atom stereocenters. The van der Waals surface area contributed by atoms with Gasteiger partial charge in [0.2, 0.25) is 0 Å². The van der Waals surface area contributed by atoms with Gasteiger partial charge in [-0.3, -0.25) is 14.4 Å². The summed E-state index contributed by atoms with van der Waals surface area (Å²) in [4.78, 5) is 88.2. The molecule has 6 aromatic rings. The molecule has 0 atom stereocenters. The molecule has 0 radical (unpaired) electrons. The SMILES string of the molecule is CC(=O)[O-].CC(=O)[O-].CC(=O)[O-].CC(=O)[O-].CC(=O)[O-].CC(=O)[O-].O=C(C=Cc1ccccc1)C=Cc1ccccc1.O=C(C=Cc1ccccc1)C=Cc1ccccc1.O=C(C=Cc1ccccc1)C=Cc1ccccc1.[Pd+2].[Pd+2].[Pd+2]. The van der Waals surface area contributed by atoms with Crippen molar-refractivity contribution in [3.63, 3.8) is 0 Å². The van der Waals surface area contributed by atoms with Crippen LogP contribution in [-0.2, 0) is 104 Å². The molecule has 81 heavy (non-hydrogen) atoms. The number of ketones is 3. The van der Waals surface area contributed by atoms with Crippen molar-refractivity contribution in [3.8, 4) is 0 Å². The maximum Gasteiger partial charge on any atom is 2.00 e. The minimum absolute atomic E-state index is 0. The van der Waals surface area contributed by atoms with Crippen molar-refractivity contribution < 1.29 is 135 Å². The smallest absolute Gasteiger partial charge is 0.550 e. The van der Waals surface area contributed by atoms with Crippen LogP contribution < -0.4 is 30.6 Å². The number of hydrogen-bond donors (Lipinski definition) is 0. The quantitative estimate of drug-likeness (QED) is 0.121. The van der Waals surface area contributed by atoms with Crippen LogP contribution in [0.2, 0.25) is 0 Å². The third kappa shape index (κ3) is 71.6. The molecule has 0 fully saturated rings. The molecule has 0 saturated carbocycles. The first-order valence-electron chi connectivity index (χ1n) is 23.0. The Morgan fingerprint density at radius 1 is 0.222 bits per heavy atom. The fraction of sp³-hybridized carbons (Fsp3) is 0.0952. The second-order valence-corrected chi connectivity index (χ2v) is 14.6. The largest absolute Gasteiger partial charge is 2.00 e. The van der Waals surface area contributed by atoms with E-state index in [1.165, 1.54) is 0 Å². The van der Waals surface area contributed by atoms with Gasteiger partial charge in [0.15, 0.2) is 17.3 Å². The minimum Gasteiger partial charge on any atom is -0.550 e. The molecular formula is C63H60O15Pd3. The van der Waals surface area contributed by atoms with Gasteiger partial charge in [-0.25, -0.2) is 0 Å². The van der Waals surface area contributed by atoms with E-state index in [2.05, 4.69) is 0 Å². The zero-order valence-corrected chi connectivity index (χ0v) is 49.5. The van der Waals surface area contributed by atoms with Crippen molar-refractivity contribution in [3.05, 3.63) is 252 Å². The molecule has 0 heterocycles. The number of carbonyl (C=O) groups is 9. The first-order chi connectivity index (χ1) is 36.9. The van der Waals surface area contributed by atoms with E-state index in [9.17, 15) is 14.4 Å². The first kappa shape index (κ1) is 83.9. The van der Waals surface area contributed by atoms with Gasteiger partial charge < -0.3 is 59.4 Å². The van der Waals surface area contributed by atoms with Crippen molar-refractivity contribution in [2.75, 3.05) is 0 Å². The van der Waals surface area contributed by atoms with E-state index in [1.807, 2.05) is 218 Å². The van der Waals surface area contributed by atoms with Crippen LogP contribution in [0.5, 0.6) is 0 Å². The van der Waals surface area contributed by atoms with E-state index in [0.717, 1.165) is 74.9 Å². The van der Waals surface area contributed by atoms with Gasteiger partial charge >= 0.3 is 61.3 Å². The molecule has 0 aliphatic rings. The third-order valence-corrected chi connectivity index (χ3v) is 7.44. The zero-order valence-electron chi connectivity index (χ0n) is 44.8. The van der Waals surface area contributed by atoms with Gasteiger partial charge in [0, 0.05) is 35.8 Å². The van der Waals surface area contributed by atoms with Crippen LogP contribution in [-0.4, -0.2) is 53.2 Å². The molecule has 6 aromatic carbocycles. The Kier molecular flexibility index (Phi) is 59.8. The van der Waals surface area contributed by atoms with E-state index in [4.69, 9.17) is 59.4 Å². The van der Waals surface area contributed by atoms with Crippen LogP contribution in [0, 0.1) is 0 Å². The average molecular weight is 1380 g/mol. The number of aliphatic carboxylic acids is 6. The van der Waals surface area contributed by atoms with Crippen molar-refractivity contribution in [1.29, 1.82) is 0 Å². The molecule has 0 bridgehead atoms. The number of hydrogen-bond acceptors (Lipinski definition) is 15. The van der Waals surface area contributed by atoms with Gasteiger partial charge in [-0.2, -0.15) is 0 Å². The first-order valence-corrected chi connectivity index (χ1v) is 23.0. The molecule has 0 saturated heterocycles. The predicted molar refractivity (Wildman–Crippen MR) is 292 cm³/mol. The van der Waals surface area contributed by atoms with E-state index < -0.39 is 35.8 Å². The van der Waals surface area contributed by atoms with Crippen LogP contribution in [0.25, 0.3) is 36.5 Å². The van der Waals surface area contributed by atoms with Gasteiger partial charge in [-0.15, -0.1) is 0 Å². The normalized spacial score (nSPS) is 9.26. The molecule has 0 aliphatic carbocycles. The van der Waals surface area contributed by atoms with Crippen molar-refractivity contribution in [1.82, 2.24) is 0 Å². The Morgan fingerprint density at radius 3 is 0.395 bits per heavy atom. The molecule has 0 amide bonds. The molecule has 0 N–H and O–H groups in total. The Hall–Kier alpha value is -8.42. The van der Waals surface area contributed by atoms with E-state index in [0.29, 0.717) is 0 Å². The number of rotatable bonds is 12. The number of carboxylic acid groups (broad SMARTS) is 6. The van der Waals surface area contributed by atoms with Crippen LogP contribution >= 0.6 is 0 Å². The number of carboxylic acids is 6. The summed E-state index contributed by atoms with van der Waals surface area (Å²) in [5.41, 5.74) is 6.16. The van der Waals surface area contributed by atoms with Crippen molar-refractivity contribution in [2.24, 2.45) is 0 Å². The summed E-state index contributed by atoms with van der Waals surface area (Å²) in [6, 6.07) is 58.7. The van der Waals surface area contributed by atoms with E-state index >= 15 is 0 Å². The molecule has 0 aromatic heterocycles. The van der Waals surface area contributed by atoms with Crippen LogP contribution in [0.1, 0.15) is 74.9 Å². The fourth-order valence-electron chi connectivity index (χ4n) is 4.62. The maximum absolute atomic E-state index is 11.6. The topological polar surface area (TPSA) is 292 Å². The average Bonchev–Trinajstić information content (AvgIpc) is 3.38. The van der Waals surface area contributed by atoms with Crippen LogP contribution in [0.4, 0.5) is 0 Å². The summed E-state index contributed by atoms with van der Waals surface area (Å²) in [5, 5.41) is 53.3.